The van der Waals surface area contributed by atoms with Crippen LogP contribution < -0.4 is 0 Å². The molecule has 1 amide bonds. The Labute approximate surface area is 127 Å². The standard InChI is InChI=1S/C16H14ClNOS/c17-14-7-3-4-8-15(14)20-11-16(19)18-9-12-5-1-2-6-13(12)10-18/h1-8H,9-11H2. The first-order valence-corrected chi connectivity index (χ1v) is 7.82. The van der Waals surface area contributed by atoms with E-state index in [1.165, 1.54) is 22.9 Å². The van der Waals surface area contributed by atoms with Gasteiger partial charge in [0, 0.05) is 18.0 Å². The van der Waals surface area contributed by atoms with Crippen molar-refractivity contribution in [1.29, 1.82) is 0 Å². The first kappa shape index (κ1) is 13.5. The summed E-state index contributed by atoms with van der Waals surface area (Å²) in [6.45, 7) is 1.44. The quantitative estimate of drug-likeness (QED) is 0.800. The minimum atomic E-state index is 0.158. The molecule has 3 rings (SSSR count). The van der Waals surface area contributed by atoms with E-state index in [2.05, 4.69) is 12.1 Å². The molecule has 0 aromatic heterocycles. The third-order valence-electron chi connectivity index (χ3n) is 3.38. The Morgan fingerprint density at radius 1 is 1.05 bits per heavy atom. The highest BCUT2D eigenvalue weighted by Crippen LogP contribution is 2.28. The van der Waals surface area contributed by atoms with Crippen molar-refractivity contribution in [3.63, 3.8) is 0 Å². The molecule has 2 aromatic rings. The Morgan fingerprint density at radius 3 is 2.30 bits per heavy atom. The fraction of sp³-hybridized carbons (Fsp3) is 0.188. The van der Waals surface area contributed by atoms with Crippen molar-refractivity contribution in [1.82, 2.24) is 4.90 Å². The zero-order valence-corrected chi connectivity index (χ0v) is 12.5. The molecule has 20 heavy (non-hydrogen) atoms. The summed E-state index contributed by atoms with van der Waals surface area (Å²) in [5.41, 5.74) is 2.51. The molecular formula is C16H14ClNOS. The topological polar surface area (TPSA) is 20.3 Å². The van der Waals surface area contributed by atoms with E-state index in [4.69, 9.17) is 11.6 Å². The highest BCUT2D eigenvalue weighted by Gasteiger charge is 2.22. The van der Waals surface area contributed by atoms with Gasteiger partial charge >= 0.3 is 0 Å². The lowest BCUT2D eigenvalue weighted by atomic mass is 10.1. The average Bonchev–Trinajstić information content (AvgIpc) is 2.90. The van der Waals surface area contributed by atoms with Gasteiger partial charge in [0.05, 0.1) is 10.8 Å². The smallest absolute Gasteiger partial charge is 0.233 e. The third-order valence-corrected chi connectivity index (χ3v) is 4.88. The maximum Gasteiger partial charge on any atom is 0.233 e. The Balaban J connectivity index is 1.61. The second-order valence-electron chi connectivity index (χ2n) is 4.74. The second kappa shape index (κ2) is 5.90. The van der Waals surface area contributed by atoms with Crippen molar-refractivity contribution in [3.05, 3.63) is 64.7 Å². The fourth-order valence-corrected chi connectivity index (χ4v) is 3.44. The van der Waals surface area contributed by atoms with Crippen LogP contribution in [0.2, 0.25) is 5.02 Å². The summed E-state index contributed by atoms with van der Waals surface area (Å²) in [5, 5.41) is 0.704. The lowest BCUT2D eigenvalue weighted by molar-refractivity contribution is -0.128. The molecule has 2 aromatic carbocycles. The zero-order valence-electron chi connectivity index (χ0n) is 10.9. The largest absolute Gasteiger partial charge is 0.333 e. The summed E-state index contributed by atoms with van der Waals surface area (Å²) in [5.74, 6) is 0.587. The van der Waals surface area contributed by atoms with Gasteiger partial charge in [0.1, 0.15) is 0 Å². The van der Waals surface area contributed by atoms with Crippen LogP contribution in [-0.2, 0) is 17.9 Å². The van der Waals surface area contributed by atoms with Gasteiger partial charge in [-0.1, -0.05) is 48.0 Å². The van der Waals surface area contributed by atoms with Crippen LogP contribution in [0.5, 0.6) is 0 Å². The summed E-state index contributed by atoms with van der Waals surface area (Å²) in [4.78, 5) is 15.1. The molecule has 0 saturated heterocycles. The number of halogens is 1. The lowest BCUT2D eigenvalue weighted by Crippen LogP contribution is -2.26. The molecule has 1 aliphatic rings. The van der Waals surface area contributed by atoms with Gasteiger partial charge in [-0.05, 0) is 23.3 Å². The fourth-order valence-electron chi connectivity index (χ4n) is 2.30. The molecule has 4 heteroatoms. The van der Waals surface area contributed by atoms with Crippen LogP contribution in [-0.4, -0.2) is 16.6 Å². The molecule has 102 valence electrons. The van der Waals surface area contributed by atoms with E-state index < -0.39 is 0 Å². The van der Waals surface area contributed by atoms with Gasteiger partial charge in [-0.25, -0.2) is 0 Å². The number of fused-ring (bicyclic) bond motifs is 1. The first-order valence-electron chi connectivity index (χ1n) is 6.46. The van der Waals surface area contributed by atoms with Crippen LogP contribution in [0.3, 0.4) is 0 Å². The number of carbonyl (C=O) groups excluding carboxylic acids is 1. The van der Waals surface area contributed by atoms with Crippen LogP contribution >= 0.6 is 23.4 Å². The Bertz CT molecular complexity index is 619. The minimum Gasteiger partial charge on any atom is -0.333 e. The Morgan fingerprint density at radius 2 is 1.65 bits per heavy atom. The zero-order chi connectivity index (χ0) is 13.9. The van der Waals surface area contributed by atoms with Crippen molar-refractivity contribution in [2.75, 3.05) is 5.75 Å². The van der Waals surface area contributed by atoms with Gasteiger partial charge in [-0.3, -0.25) is 4.79 Å². The molecule has 0 atom stereocenters. The van der Waals surface area contributed by atoms with Crippen LogP contribution in [0.4, 0.5) is 0 Å². The predicted molar refractivity (Wildman–Crippen MR) is 82.9 cm³/mol. The van der Waals surface area contributed by atoms with E-state index in [1.54, 1.807) is 0 Å². The normalized spacial score (nSPS) is 13.3. The maximum atomic E-state index is 12.3. The molecule has 0 unspecified atom stereocenters. The van der Waals surface area contributed by atoms with Crippen molar-refractivity contribution >= 4 is 29.3 Å². The summed E-state index contributed by atoms with van der Waals surface area (Å²) in [6.07, 6.45) is 0. The number of amides is 1. The van der Waals surface area contributed by atoms with Crippen molar-refractivity contribution in [3.8, 4) is 0 Å². The molecule has 2 nitrogen and oxygen atoms in total. The molecule has 0 spiro atoms. The Kier molecular flexibility index (Phi) is 3.99. The monoisotopic (exact) mass is 303 g/mol. The van der Waals surface area contributed by atoms with E-state index >= 15 is 0 Å². The average molecular weight is 304 g/mol. The van der Waals surface area contributed by atoms with E-state index in [1.807, 2.05) is 41.3 Å². The second-order valence-corrected chi connectivity index (χ2v) is 6.16. The van der Waals surface area contributed by atoms with Crippen molar-refractivity contribution in [2.45, 2.75) is 18.0 Å². The number of nitrogens with zero attached hydrogens (tertiary/aromatic N) is 1. The molecule has 0 radical (unpaired) electrons. The molecular weight excluding hydrogens is 290 g/mol. The molecule has 1 aliphatic heterocycles. The number of rotatable bonds is 3. The lowest BCUT2D eigenvalue weighted by Gasteiger charge is -2.15. The van der Waals surface area contributed by atoms with Gasteiger partial charge in [0.2, 0.25) is 5.91 Å². The van der Waals surface area contributed by atoms with E-state index in [0.29, 0.717) is 10.8 Å². The van der Waals surface area contributed by atoms with Gasteiger partial charge < -0.3 is 4.90 Å². The maximum absolute atomic E-state index is 12.3. The third kappa shape index (κ3) is 2.84. The van der Waals surface area contributed by atoms with Crippen molar-refractivity contribution in [2.24, 2.45) is 0 Å². The number of carbonyl (C=O) groups is 1. The SMILES string of the molecule is O=C(CSc1ccccc1Cl)N1Cc2ccccc2C1. The van der Waals surface area contributed by atoms with Gasteiger partial charge in [-0.2, -0.15) is 0 Å². The molecule has 0 bridgehead atoms. The Hall–Kier alpha value is -1.45. The van der Waals surface area contributed by atoms with Crippen LogP contribution in [0, 0.1) is 0 Å². The number of thioether (sulfide) groups is 1. The van der Waals surface area contributed by atoms with Gasteiger partial charge in [0.15, 0.2) is 0 Å². The molecule has 0 fully saturated rings. The van der Waals surface area contributed by atoms with E-state index in [-0.39, 0.29) is 5.91 Å². The van der Waals surface area contributed by atoms with Gasteiger partial charge in [-0.15, -0.1) is 11.8 Å². The molecule has 1 heterocycles. The summed E-state index contributed by atoms with van der Waals surface area (Å²) in [6, 6.07) is 15.8. The number of benzene rings is 2. The number of hydrogen-bond acceptors (Lipinski definition) is 2. The number of hydrogen-bond donors (Lipinski definition) is 0. The van der Waals surface area contributed by atoms with Crippen molar-refractivity contribution < 1.29 is 4.79 Å². The highest BCUT2D eigenvalue weighted by molar-refractivity contribution is 8.00. The van der Waals surface area contributed by atoms with E-state index in [9.17, 15) is 4.79 Å². The summed E-state index contributed by atoms with van der Waals surface area (Å²) < 4.78 is 0. The molecule has 0 N–H and O–H groups in total. The molecule has 0 saturated carbocycles. The predicted octanol–water partition coefficient (Wildman–Crippen LogP) is 3.97. The summed E-state index contributed by atoms with van der Waals surface area (Å²) in [7, 11) is 0. The van der Waals surface area contributed by atoms with Crippen LogP contribution in [0.1, 0.15) is 11.1 Å². The first-order chi connectivity index (χ1) is 9.74. The van der Waals surface area contributed by atoms with E-state index in [0.717, 1.165) is 18.0 Å². The molecule has 0 aliphatic carbocycles. The van der Waals surface area contributed by atoms with Crippen LogP contribution in [0.15, 0.2) is 53.4 Å². The summed E-state index contributed by atoms with van der Waals surface area (Å²) >= 11 is 7.59. The highest BCUT2D eigenvalue weighted by atomic mass is 35.5. The van der Waals surface area contributed by atoms with Crippen LogP contribution in [0.25, 0.3) is 0 Å². The van der Waals surface area contributed by atoms with Gasteiger partial charge in [0.25, 0.3) is 0 Å². The minimum absolute atomic E-state index is 0.158.